The van der Waals surface area contributed by atoms with E-state index in [1.165, 1.54) is 5.56 Å². The van der Waals surface area contributed by atoms with E-state index in [0.717, 1.165) is 16.8 Å². The summed E-state index contributed by atoms with van der Waals surface area (Å²) in [6.45, 7) is 6.20. The van der Waals surface area contributed by atoms with Crippen LogP contribution in [0.4, 0.5) is 5.82 Å². The average Bonchev–Trinajstić information content (AvgIpc) is 3.02. The Morgan fingerprint density at radius 2 is 1.77 bits per heavy atom. The zero-order chi connectivity index (χ0) is 22.3. The van der Waals surface area contributed by atoms with Crippen molar-refractivity contribution >= 4 is 29.2 Å². The third-order valence-corrected chi connectivity index (χ3v) is 6.04. The lowest BCUT2D eigenvalue weighted by Gasteiger charge is -2.32. The number of benzene rings is 2. The second kappa shape index (κ2) is 8.19. The topological polar surface area (TPSA) is 76.0 Å². The Bertz CT molecular complexity index is 1130. The molecule has 31 heavy (non-hydrogen) atoms. The fraction of sp³-hybridized carbons (Fsp3) is 0.292. The number of carbonyl (C=O) groups is 2. The van der Waals surface area contributed by atoms with Gasteiger partial charge in [-0.25, -0.2) is 0 Å². The molecule has 2 heterocycles. The Balaban J connectivity index is 1.76. The Kier molecular flexibility index (Phi) is 5.58. The zero-order valence-electron chi connectivity index (χ0n) is 17.9. The number of aromatic nitrogens is 2. The fourth-order valence-corrected chi connectivity index (χ4v) is 4.26. The van der Waals surface area contributed by atoms with Gasteiger partial charge in [0.05, 0.1) is 5.69 Å². The summed E-state index contributed by atoms with van der Waals surface area (Å²) in [7, 11) is 1.80. The van der Waals surface area contributed by atoms with Crippen LogP contribution >= 0.6 is 11.6 Å². The normalized spacial score (nSPS) is 17.9. The molecule has 160 valence electrons. The molecule has 0 spiro atoms. The van der Waals surface area contributed by atoms with E-state index in [2.05, 4.69) is 41.7 Å². The summed E-state index contributed by atoms with van der Waals surface area (Å²) in [6, 6.07) is 14.1. The number of hydrogen-bond donors (Lipinski definition) is 2. The first kappa shape index (κ1) is 21.1. The minimum absolute atomic E-state index is 0.268. The van der Waals surface area contributed by atoms with Crippen LogP contribution in [0.5, 0.6) is 0 Å². The maximum atomic E-state index is 13.1. The van der Waals surface area contributed by atoms with Crippen molar-refractivity contribution in [2.45, 2.75) is 38.6 Å². The molecule has 2 atom stereocenters. The van der Waals surface area contributed by atoms with Gasteiger partial charge in [0, 0.05) is 29.1 Å². The van der Waals surface area contributed by atoms with Gasteiger partial charge < -0.3 is 10.6 Å². The van der Waals surface area contributed by atoms with Gasteiger partial charge in [0.25, 0.3) is 5.91 Å². The van der Waals surface area contributed by atoms with Gasteiger partial charge in [-0.3, -0.25) is 14.3 Å². The Hall–Kier alpha value is -3.12. The van der Waals surface area contributed by atoms with Crippen molar-refractivity contribution in [3.8, 4) is 0 Å². The second-order valence-electron chi connectivity index (χ2n) is 8.22. The number of aryl methyl sites for hydroxylation is 2. The first-order valence-corrected chi connectivity index (χ1v) is 10.6. The van der Waals surface area contributed by atoms with Crippen LogP contribution < -0.4 is 10.6 Å². The van der Waals surface area contributed by atoms with Crippen LogP contribution in [0.25, 0.3) is 0 Å². The van der Waals surface area contributed by atoms with Crippen LogP contribution in [-0.4, -0.2) is 27.6 Å². The number of halogens is 1. The van der Waals surface area contributed by atoms with E-state index >= 15 is 0 Å². The Morgan fingerprint density at radius 1 is 1.13 bits per heavy atom. The molecular weight excluding hydrogens is 412 g/mol. The van der Waals surface area contributed by atoms with Gasteiger partial charge >= 0.3 is 0 Å². The summed E-state index contributed by atoms with van der Waals surface area (Å²) >= 11 is 5.94. The predicted octanol–water partition coefficient (Wildman–Crippen LogP) is 4.39. The number of fused-ring (bicyclic) bond motifs is 1. The van der Waals surface area contributed by atoms with Crippen molar-refractivity contribution in [1.29, 1.82) is 0 Å². The summed E-state index contributed by atoms with van der Waals surface area (Å²) in [6.07, 6.45) is 0. The molecule has 2 amide bonds. The van der Waals surface area contributed by atoms with Crippen molar-refractivity contribution < 1.29 is 9.59 Å². The third-order valence-electron chi connectivity index (χ3n) is 5.79. The molecule has 0 aliphatic carbocycles. The number of nitrogens with zero attached hydrogens (tertiary/aromatic N) is 2. The molecule has 0 fully saturated rings. The summed E-state index contributed by atoms with van der Waals surface area (Å²) in [5.74, 6) is 0.119. The van der Waals surface area contributed by atoms with Gasteiger partial charge in [0.15, 0.2) is 0 Å². The minimum atomic E-state index is -0.775. The molecule has 2 N–H and O–H groups in total. The molecule has 6 nitrogen and oxygen atoms in total. The van der Waals surface area contributed by atoms with Gasteiger partial charge in [-0.05, 0) is 48.2 Å². The molecule has 1 aliphatic heterocycles. The van der Waals surface area contributed by atoms with E-state index < -0.39 is 6.04 Å². The van der Waals surface area contributed by atoms with Gasteiger partial charge in [-0.15, -0.1) is 0 Å². The first-order chi connectivity index (χ1) is 14.8. The number of anilines is 1. The van der Waals surface area contributed by atoms with Crippen LogP contribution in [0.2, 0.25) is 5.02 Å². The number of amides is 2. The first-order valence-electron chi connectivity index (χ1n) is 10.3. The molecule has 0 unspecified atom stereocenters. The standard InChI is InChI=1S/C24H25ClN4O2/c1-13(2)15-5-7-16(8-6-15)20-19-14(3)28-29(4)22(19)27-24(31)21(20)26-23(30)17-9-11-18(25)12-10-17/h5-13,20-21H,1-4H3,(H,26,30)(H,27,31)/t20-,21+/m1/s1. The lowest BCUT2D eigenvalue weighted by Crippen LogP contribution is -2.50. The largest absolute Gasteiger partial charge is 0.339 e. The molecular formula is C24H25ClN4O2. The predicted molar refractivity (Wildman–Crippen MR) is 122 cm³/mol. The van der Waals surface area contributed by atoms with Crippen LogP contribution in [0, 0.1) is 6.92 Å². The highest BCUT2D eigenvalue weighted by atomic mass is 35.5. The van der Waals surface area contributed by atoms with E-state index in [-0.39, 0.29) is 17.7 Å². The van der Waals surface area contributed by atoms with Crippen molar-refractivity contribution in [2.75, 3.05) is 5.32 Å². The molecule has 2 aromatic carbocycles. The van der Waals surface area contributed by atoms with Gasteiger partial charge in [-0.2, -0.15) is 5.10 Å². The van der Waals surface area contributed by atoms with Crippen LogP contribution in [-0.2, 0) is 11.8 Å². The molecule has 4 rings (SSSR count). The molecule has 7 heteroatoms. The quantitative estimate of drug-likeness (QED) is 0.636. The molecule has 0 bridgehead atoms. The van der Waals surface area contributed by atoms with Crippen molar-refractivity contribution in [3.05, 3.63) is 81.5 Å². The highest BCUT2D eigenvalue weighted by Crippen LogP contribution is 2.39. The van der Waals surface area contributed by atoms with Crippen LogP contribution in [0.1, 0.15) is 58.4 Å². The van der Waals surface area contributed by atoms with E-state index in [0.29, 0.717) is 22.3 Å². The summed E-state index contributed by atoms with van der Waals surface area (Å²) in [5, 5.41) is 10.9. The summed E-state index contributed by atoms with van der Waals surface area (Å²) in [5.41, 5.74) is 4.36. The van der Waals surface area contributed by atoms with Crippen molar-refractivity contribution in [1.82, 2.24) is 15.1 Å². The number of nitrogens with one attached hydrogen (secondary N) is 2. The molecule has 0 saturated carbocycles. The van der Waals surface area contributed by atoms with Gasteiger partial charge in [-0.1, -0.05) is 49.7 Å². The van der Waals surface area contributed by atoms with Gasteiger partial charge in [0.1, 0.15) is 11.9 Å². The third kappa shape index (κ3) is 3.95. The molecule has 3 aromatic rings. The SMILES string of the molecule is Cc1nn(C)c2c1[C@@H](c1ccc(C(C)C)cc1)[C@H](NC(=O)c1ccc(Cl)cc1)C(=O)N2. The van der Waals surface area contributed by atoms with E-state index in [1.807, 2.05) is 19.1 Å². The van der Waals surface area contributed by atoms with E-state index in [1.54, 1.807) is 36.0 Å². The minimum Gasteiger partial charge on any atom is -0.339 e. The van der Waals surface area contributed by atoms with E-state index in [9.17, 15) is 9.59 Å². The Labute approximate surface area is 186 Å². The molecule has 1 aliphatic rings. The monoisotopic (exact) mass is 436 g/mol. The van der Waals surface area contributed by atoms with Gasteiger partial charge in [0.2, 0.25) is 5.91 Å². The summed E-state index contributed by atoms with van der Waals surface area (Å²) < 4.78 is 1.68. The number of carbonyl (C=O) groups excluding carboxylic acids is 2. The summed E-state index contributed by atoms with van der Waals surface area (Å²) in [4.78, 5) is 26.0. The molecule has 0 saturated heterocycles. The molecule has 1 aromatic heterocycles. The fourth-order valence-electron chi connectivity index (χ4n) is 4.13. The van der Waals surface area contributed by atoms with Crippen molar-refractivity contribution in [3.63, 3.8) is 0 Å². The van der Waals surface area contributed by atoms with Crippen LogP contribution in [0.3, 0.4) is 0 Å². The zero-order valence-corrected chi connectivity index (χ0v) is 18.7. The maximum absolute atomic E-state index is 13.1. The van der Waals surface area contributed by atoms with E-state index in [4.69, 9.17) is 11.6 Å². The molecule has 0 radical (unpaired) electrons. The maximum Gasteiger partial charge on any atom is 0.251 e. The van der Waals surface area contributed by atoms with Crippen LogP contribution in [0.15, 0.2) is 48.5 Å². The lowest BCUT2D eigenvalue weighted by atomic mass is 9.81. The smallest absolute Gasteiger partial charge is 0.251 e. The lowest BCUT2D eigenvalue weighted by molar-refractivity contribution is -0.118. The number of rotatable bonds is 4. The Morgan fingerprint density at radius 3 is 2.39 bits per heavy atom. The van der Waals surface area contributed by atoms with Crippen molar-refractivity contribution in [2.24, 2.45) is 7.05 Å². The highest BCUT2D eigenvalue weighted by molar-refractivity contribution is 6.30. The average molecular weight is 437 g/mol. The number of hydrogen-bond acceptors (Lipinski definition) is 3. The second-order valence-corrected chi connectivity index (χ2v) is 8.65. The highest BCUT2D eigenvalue weighted by Gasteiger charge is 2.41.